The van der Waals surface area contributed by atoms with Gasteiger partial charge in [-0.3, -0.25) is 4.79 Å². The largest absolute Gasteiger partial charge is 0.393 e. The molecular formula is C33H54F2N2O6S. The summed E-state index contributed by atoms with van der Waals surface area (Å²) in [6.07, 6.45) is 8.14. The van der Waals surface area contributed by atoms with Gasteiger partial charge in [0.05, 0.1) is 16.4 Å². The monoisotopic (exact) mass is 644 g/mol. The molecule has 2 N–H and O–H groups in total. The lowest BCUT2D eigenvalue weighted by atomic mass is 9.43. The van der Waals surface area contributed by atoms with Crippen LogP contribution in [-0.2, 0) is 14.8 Å². The molecule has 5 aliphatic carbocycles. The van der Waals surface area contributed by atoms with E-state index in [0.717, 1.165) is 64.2 Å². The summed E-state index contributed by atoms with van der Waals surface area (Å²) in [5, 5.41) is 21.6. The van der Waals surface area contributed by atoms with Crippen LogP contribution in [0.2, 0.25) is 0 Å². The first-order chi connectivity index (χ1) is 20.6. The second-order valence-electron chi connectivity index (χ2n) is 15.8. The molecule has 3 unspecified atom stereocenters. The maximum Gasteiger partial charge on any atom is 0.288 e. The summed E-state index contributed by atoms with van der Waals surface area (Å²) < 4.78 is 55.2. The van der Waals surface area contributed by atoms with Gasteiger partial charge in [0.2, 0.25) is 5.91 Å². The summed E-state index contributed by atoms with van der Waals surface area (Å²) in [4.78, 5) is 26.1. The van der Waals surface area contributed by atoms with Gasteiger partial charge in [-0.05, 0) is 111 Å². The number of alkyl halides is 2. The molecule has 0 aromatic carbocycles. The average Bonchev–Trinajstić information content (AvgIpc) is 3.33. The van der Waals surface area contributed by atoms with Crippen LogP contribution in [0.25, 0.3) is 0 Å². The van der Waals surface area contributed by atoms with Crippen LogP contribution in [0.4, 0.5) is 8.78 Å². The van der Waals surface area contributed by atoms with Crippen LogP contribution in [0.5, 0.6) is 0 Å². The molecule has 8 nitrogen and oxygen atoms in total. The van der Waals surface area contributed by atoms with Crippen molar-refractivity contribution in [2.75, 3.05) is 12.3 Å². The number of aliphatic hydroxyl groups excluding tert-OH is 2. The van der Waals surface area contributed by atoms with E-state index >= 15 is 0 Å². The Labute approximate surface area is 262 Å². The topological polar surface area (TPSA) is 124 Å². The molecule has 0 heterocycles. The standard InChI is InChI=1S/C33H54F2N2O6S/c1-21(10-13-29(40)37(23-8-5-4-6-9-23)16-7-17-44(42,43)36-41)24-11-12-25-30-26(14-15-31(24,25)2)32(3)20-33(34,35)28(39)19-22(32)18-27(30)38/h21-28,30,38-39H,4-20H2,1-3H3/t21-,22-,24-,25?,26?,27+,28-,30?,31-,32+/m1/s1. The van der Waals surface area contributed by atoms with E-state index in [4.69, 9.17) is 0 Å². The highest BCUT2D eigenvalue weighted by Crippen LogP contribution is 2.69. The number of sulfonamides is 1. The molecule has 44 heavy (non-hydrogen) atoms. The van der Waals surface area contributed by atoms with E-state index in [-0.39, 0.29) is 72.0 Å². The van der Waals surface area contributed by atoms with Gasteiger partial charge >= 0.3 is 0 Å². The van der Waals surface area contributed by atoms with Crippen LogP contribution in [0.1, 0.15) is 117 Å². The number of fused-ring (bicyclic) bond motifs is 5. The Kier molecular flexibility index (Phi) is 9.91. The van der Waals surface area contributed by atoms with Crippen LogP contribution in [0, 0.1) is 51.2 Å². The third-order valence-electron chi connectivity index (χ3n) is 13.5. The molecule has 5 fully saturated rings. The third-order valence-corrected chi connectivity index (χ3v) is 14.6. The molecule has 0 spiro atoms. The minimum absolute atomic E-state index is 0.0150. The van der Waals surface area contributed by atoms with Gasteiger partial charge in [-0.25, -0.2) is 17.2 Å². The molecule has 0 bridgehead atoms. The smallest absolute Gasteiger partial charge is 0.288 e. The summed E-state index contributed by atoms with van der Waals surface area (Å²) in [5.41, 5.74) is -0.614. The number of carbonyl (C=O) groups excluding carboxylic acids is 1. The molecule has 5 rings (SSSR count). The highest BCUT2D eigenvalue weighted by Gasteiger charge is 2.66. The van der Waals surface area contributed by atoms with Crippen LogP contribution in [0.15, 0.2) is 4.58 Å². The average molecular weight is 645 g/mol. The summed E-state index contributed by atoms with van der Waals surface area (Å²) in [6.45, 7) is 6.86. The first-order valence-corrected chi connectivity index (χ1v) is 18.8. The molecule has 252 valence electrons. The Balaban J connectivity index is 1.24. The van der Waals surface area contributed by atoms with Gasteiger partial charge in [0.25, 0.3) is 15.9 Å². The van der Waals surface area contributed by atoms with E-state index < -0.39 is 33.6 Å². The fourth-order valence-corrected chi connectivity index (χ4v) is 11.8. The van der Waals surface area contributed by atoms with Gasteiger partial charge in [-0.1, -0.05) is 40.0 Å². The zero-order valence-electron chi connectivity index (χ0n) is 26.8. The number of halogens is 2. The number of nitrogens with zero attached hydrogens (tertiary/aromatic N) is 2. The van der Waals surface area contributed by atoms with Crippen molar-refractivity contribution >= 4 is 15.9 Å². The van der Waals surface area contributed by atoms with E-state index in [0.29, 0.717) is 25.3 Å². The fraction of sp³-hybridized carbons (Fsp3) is 0.970. The lowest BCUT2D eigenvalue weighted by Crippen LogP contribution is -2.62. The van der Waals surface area contributed by atoms with E-state index in [1.54, 1.807) is 0 Å². The van der Waals surface area contributed by atoms with Gasteiger partial charge < -0.3 is 15.1 Å². The molecule has 11 heteroatoms. The Hall–Kier alpha value is -1.20. The Bertz CT molecular complexity index is 1160. The van der Waals surface area contributed by atoms with Crippen molar-refractivity contribution in [2.45, 2.75) is 141 Å². The number of amides is 1. The molecule has 0 radical (unpaired) electrons. The molecule has 5 saturated carbocycles. The highest BCUT2D eigenvalue weighted by molar-refractivity contribution is 7.89. The number of hydrogen-bond acceptors (Lipinski definition) is 6. The van der Waals surface area contributed by atoms with Gasteiger partial charge in [0.1, 0.15) is 6.10 Å². The first kappa shape index (κ1) is 34.1. The lowest BCUT2D eigenvalue weighted by molar-refractivity contribution is -0.236. The van der Waals surface area contributed by atoms with Crippen LogP contribution in [-0.4, -0.2) is 65.9 Å². The normalized spacial score (nSPS) is 41.2. The predicted octanol–water partition coefficient (Wildman–Crippen LogP) is 6.29. The summed E-state index contributed by atoms with van der Waals surface area (Å²) in [7, 11) is -3.99. The molecule has 1 amide bonds. The Morgan fingerprint density at radius 1 is 1.00 bits per heavy atom. The van der Waals surface area contributed by atoms with Gasteiger partial charge in [0.15, 0.2) is 0 Å². The second-order valence-corrected chi connectivity index (χ2v) is 17.5. The minimum atomic E-state index is -3.99. The number of aliphatic hydroxyl groups is 2. The molecule has 0 aliphatic heterocycles. The van der Waals surface area contributed by atoms with Crippen LogP contribution >= 0.6 is 0 Å². The maximum atomic E-state index is 14.9. The zero-order chi connectivity index (χ0) is 32.1. The van der Waals surface area contributed by atoms with E-state index in [2.05, 4.69) is 18.4 Å². The quantitative estimate of drug-likeness (QED) is 0.270. The van der Waals surface area contributed by atoms with Gasteiger partial charge in [0, 0.05) is 25.4 Å². The van der Waals surface area contributed by atoms with Crippen molar-refractivity contribution in [3.63, 3.8) is 0 Å². The molecule has 0 saturated heterocycles. The highest BCUT2D eigenvalue weighted by atomic mass is 32.2. The van der Waals surface area contributed by atoms with Crippen molar-refractivity contribution in [2.24, 2.45) is 50.9 Å². The van der Waals surface area contributed by atoms with E-state index in [1.807, 2.05) is 11.8 Å². The second kappa shape index (κ2) is 12.8. The lowest BCUT2D eigenvalue weighted by Gasteiger charge is -2.63. The predicted molar refractivity (Wildman–Crippen MR) is 164 cm³/mol. The SMILES string of the molecule is C[C@H](CCC(=O)N(CCCS(=O)(=O)N=O)C1CCCCC1)[C@H]1CCC2C3C(CC[C@@]21C)[C@@]1(C)CC(F)(F)[C@H](O)C[C@H]1C[C@@H]3O. The summed E-state index contributed by atoms with van der Waals surface area (Å²) in [5.74, 6) is -2.58. The Morgan fingerprint density at radius 2 is 1.68 bits per heavy atom. The number of rotatable bonds is 10. The molecule has 5 aliphatic rings. The van der Waals surface area contributed by atoms with E-state index in [1.165, 1.54) is 0 Å². The third kappa shape index (κ3) is 6.36. The van der Waals surface area contributed by atoms with Crippen molar-refractivity contribution in [1.82, 2.24) is 4.90 Å². The van der Waals surface area contributed by atoms with Crippen molar-refractivity contribution in [1.29, 1.82) is 0 Å². The van der Waals surface area contributed by atoms with Crippen molar-refractivity contribution in [3.05, 3.63) is 4.91 Å². The molecular weight excluding hydrogens is 590 g/mol. The molecule has 0 aromatic rings. The minimum Gasteiger partial charge on any atom is -0.393 e. The van der Waals surface area contributed by atoms with Gasteiger partial charge in [-0.15, -0.1) is 4.91 Å². The number of carbonyl (C=O) groups is 1. The fourth-order valence-electron chi connectivity index (χ4n) is 11.3. The van der Waals surface area contributed by atoms with Crippen LogP contribution in [0.3, 0.4) is 0 Å². The zero-order valence-corrected chi connectivity index (χ0v) is 27.6. The molecule has 10 atom stereocenters. The maximum absolute atomic E-state index is 14.9. The Morgan fingerprint density at radius 3 is 2.36 bits per heavy atom. The summed E-state index contributed by atoms with van der Waals surface area (Å²) >= 11 is 0. The number of nitroso groups, excluding NO2 is 1. The van der Waals surface area contributed by atoms with Crippen molar-refractivity contribution < 1.29 is 32.2 Å². The summed E-state index contributed by atoms with van der Waals surface area (Å²) in [6, 6.07) is 0.105. The molecule has 0 aromatic heterocycles. The van der Waals surface area contributed by atoms with Gasteiger partial charge in [-0.2, -0.15) is 0 Å². The number of hydrogen-bond donors (Lipinski definition) is 2. The van der Waals surface area contributed by atoms with E-state index in [9.17, 15) is 37.1 Å². The van der Waals surface area contributed by atoms with Crippen LogP contribution < -0.4 is 0 Å². The first-order valence-electron chi connectivity index (χ1n) is 17.2. The van der Waals surface area contributed by atoms with Crippen molar-refractivity contribution in [3.8, 4) is 0 Å².